The van der Waals surface area contributed by atoms with Crippen LogP contribution in [0.3, 0.4) is 0 Å². The molecule has 11 heteroatoms. The van der Waals surface area contributed by atoms with E-state index in [1.165, 1.54) is 10.1 Å². The van der Waals surface area contributed by atoms with Crippen molar-refractivity contribution in [2.75, 3.05) is 0 Å². The second kappa shape index (κ2) is 15.1. The Labute approximate surface area is 239 Å². The zero-order chi connectivity index (χ0) is 29.8. The van der Waals surface area contributed by atoms with E-state index in [0.717, 1.165) is 47.6 Å². The predicted molar refractivity (Wildman–Crippen MR) is 153 cm³/mol. The van der Waals surface area contributed by atoms with Crippen LogP contribution < -0.4 is 5.32 Å². The highest BCUT2D eigenvalue weighted by Crippen LogP contribution is 2.27. The number of amides is 1. The first-order valence-corrected chi connectivity index (χ1v) is 14.1. The third kappa shape index (κ3) is 10.2. The molecule has 0 saturated heterocycles. The molecule has 2 aromatic carbocycles. The summed E-state index contributed by atoms with van der Waals surface area (Å²) in [5.74, 6) is -1.68. The average Bonchev–Trinajstić information content (AvgIpc) is 3.59. The number of ketones is 1. The molecule has 218 valence electrons. The van der Waals surface area contributed by atoms with Crippen molar-refractivity contribution in [1.82, 2.24) is 15.3 Å². The molecule has 1 amide bonds. The van der Waals surface area contributed by atoms with E-state index in [2.05, 4.69) is 33.5 Å². The quantitative estimate of drug-likeness (QED) is 0.151. The number of carbonyl (C=O) groups excluding carboxylic acids is 2. The van der Waals surface area contributed by atoms with Gasteiger partial charge in [-0.2, -0.15) is 13.2 Å². The maximum atomic E-state index is 13.0. The molecule has 41 heavy (non-hydrogen) atoms. The van der Waals surface area contributed by atoms with Crippen molar-refractivity contribution in [3.05, 3.63) is 77.6 Å². The standard InChI is InChI=1S/C28H31N3O2S.C2HF3O2/c1-2-22(32)14-7-4-8-15-24(28-29-19-25(31-28)20-11-5-3-6-12-20)30-27(33)18-23-17-21-13-9-10-16-26(21)34-23;3-2(4,5)1(6)7/h3,5-6,9-13,16-17,19,24H,2,4,7-8,14-15,18H2,1H3,(H,29,31)(H,30,33);(H,6,7)/t24-;/m0./s1. The van der Waals surface area contributed by atoms with Gasteiger partial charge in [-0.15, -0.1) is 11.3 Å². The number of hydrogen-bond donors (Lipinski definition) is 3. The number of aliphatic carboxylic acids is 1. The molecule has 7 nitrogen and oxygen atoms in total. The second-order valence-corrected chi connectivity index (χ2v) is 10.6. The number of alkyl halides is 3. The zero-order valence-corrected chi connectivity index (χ0v) is 23.4. The minimum atomic E-state index is -5.08. The number of fused-ring (bicyclic) bond motifs is 1. The van der Waals surface area contributed by atoms with Gasteiger partial charge >= 0.3 is 12.1 Å². The molecular weight excluding hydrogens is 555 g/mol. The topological polar surface area (TPSA) is 112 Å². The van der Waals surface area contributed by atoms with Crippen molar-refractivity contribution in [2.24, 2.45) is 0 Å². The fourth-order valence-corrected chi connectivity index (χ4v) is 5.17. The molecule has 0 aliphatic carbocycles. The lowest BCUT2D eigenvalue weighted by Gasteiger charge is -2.17. The number of aromatic nitrogens is 2. The highest BCUT2D eigenvalue weighted by Gasteiger charge is 2.38. The van der Waals surface area contributed by atoms with E-state index in [-0.39, 0.29) is 11.9 Å². The maximum Gasteiger partial charge on any atom is 0.490 e. The first-order valence-electron chi connectivity index (χ1n) is 13.3. The van der Waals surface area contributed by atoms with Crippen LogP contribution in [0.1, 0.15) is 62.2 Å². The van der Waals surface area contributed by atoms with Crippen molar-refractivity contribution in [1.29, 1.82) is 0 Å². The first-order chi connectivity index (χ1) is 19.6. The number of carboxylic acids is 1. The lowest BCUT2D eigenvalue weighted by atomic mass is 10.0. The van der Waals surface area contributed by atoms with Gasteiger partial charge in [-0.05, 0) is 35.9 Å². The molecule has 0 unspecified atom stereocenters. The Morgan fingerprint density at radius 3 is 2.37 bits per heavy atom. The number of nitrogens with zero attached hydrogens (tertiary/aromatic N) is 1. The van der Waals surface area contributed by atoms with Crippen molar-refractivity contribution in [3.8, 4) is 11.3 Å². The number of benzene rings is 2. The van der Waals surface area contributed by atoms with Crippen molar-refractivity contribution in [3.63, 3.8) is 0 Å². The molecule has 3 N–H and O–H groups in total. The van der Waals surface area contributed by atoms with Gasteiger partial charge in [0.05, 0.1) is 24.4 Å². The molecule has 4 rings (SSSR count). The lowest BCUT2D eigenvalue weighted by Crippen LogP contribution is -2.30. The predicted octanol–water partition coefficient (Wildman–Crippen LogP) is 7.25. The number of carboxylic acid groups (broad SMARTS) is 1. The van der Waals surface area contributed by atoms with E-state index in [1.807, 2.05) is 55.6 Å². The lowest BCUT2D eigenvalue weighted by molar-refractivity contribution is -0.192. The number of hydrogen-bond acceptors (Lipinski definition) is 5. The van der Waals surface area contributed by atoms with Crippen LogP contribution in [-0.2, 0) is 20.8 Å². The van der Waals surface area contributed by atoms with Gasteiger partial charge in [0.2, 0.25) is 5.91 Å². The van der Waals surface area contributed by atoms with E-state index in [1.54, 1.807) is 11.3 Å². The Morgan fingerprint density at radius 2 is 1.71 bits per heavy atom. The SMILES string of the molecule is CCC(=O)CCCCC[C@H](NC(=O)Cc1cc2ccccc2s1)c1ncc(-c2ccccc2)[nH]1.O=C(O)C(F)(F)F. The number of carbonyl (C=O) groups is 3. The van der Waals surface area contributed by atoms with Gasteiger partial charge in [0, 0.05) is 22.4 Å². The number of rotatable bonds is 12. The van der Waals surface area contributed by atoms with E-state index in [0.29, 0.717) is 25.0 Å². The van der Waals surface area contributed by atoms with Crippen LogP contribution >= 0.6 is 11.3 Å². The maximum absolute atomic E-state index is 13.0. The van der Waals surface area contributed by atoms with Crippen molar-refractivity contribution in [2.45, 2.75) is 64.1 Å². The molecule has 4 aromatic rings. The summed E-state index contributed by atoms with van der Waals surface area (Å²) in [6, 6.07) is 20.2. The van der Waals surface area contributed by atoms with E-state index < -0.39 is 12.1 Å². The van der Waals surface area contributed by atoms with Crippen LogP contribution in [0, 0.1) is 0 Å². The summed E-state index contributed by atoms with van der Waals surface area (Å²) in [5.41, 5.74) is 2.00. The minimum absolute atomic E-state index is 0.00428. The number of unbranched alkanes of at least 4 members (excludes halogenated alkanes) is 2. The van der Waals surface area contributed by atoms with Crippen LogP contribution in [0.25, 0.3) is 21.3 Å². The second-order valence-electron chi connectivity index (χ2n) is 9.39. The summed E-state index contributed by atoms with van der Waals surface area (Å²) in [7, 11) is 0. The van der Waals surface area contributed by atoms with Gasteiger partial charge < -0.3 is 15.4 Å². The van der Waals surface area contributed by atoms with Crippen LogP contribution in [0.2, 0.25) is 0 Å². The summed E-state index contributed by atoms with van der Waals surface area (Å²) in [6.07, 6.45) is 1.89. The molecule has 0 fully saturated rings. The third-order valence-corrected chi connectivity index (χ3v) is 7.36. The van der Waals surface area contributed by atoms with Gasteiger partial charge in [0.15, 0.2) is 0 Å². The molecule has 0 aliphatic rings. The minimum Gasteiger partial charge on any atom is -0.475 e. The summed E-state index contributed by atoms with van der Waals surface area (Å²) in [5, 5.41) is 11.5. The first kappa shape index (κ1) is 31.5. The number of thiophene rings is 1. The van der Waals surface area contributed by atoms with Crippen LogP contribution in [0.4, 0.5) is 13.2 Å². The molecule has 0 saturated carbocycles. The summed E-state index contributed by atoms with van der Waals surface area (Å²) in [4.78, 5) is 42.5. The fourth-order valence-electron chi connectivity index (χ4n) is 4.11. The number of halogens is 3. The van der Waals surface area contributed by atoms with Crippen LogP contribution in [-0.4, -0.2) is 38.9 Å². The molecule has 2 heterocycles. The number of nitrogens with one attached hydrogen (secondary N) is 2. The van der Waals surface area contributed by atoms with E-state index in [9.17, 15) is 22.8 Å². The van der Waals surface area contributed by atoms with Crippen LogP contribution in [0.5, 0.6) is 0 Å². The summed E-state index contributed by atoms with van der Waals surface area (Å²) in [6.45, 7) is 1.91. The monoisotopic (exact) mass is 587 g/mol. The molecule has 2 aromatic heterocycles. The van der Waals surface area contributed by atoms with Crippen molar-refractivity contribution >= 4 is 39.1 Å². The highest BCUT2D eigenvalue weighted by molar-refractivity contribution is 7.19. The number of H-pyrrole nitrogens is 1. The molecule has 0 spiro atoms. The largest absolute Gasteiger partial charge is 0.490 e. The number of Topliss-reactive ketones (excluding diaryl/α,β-unsaturated/α-hetero) is 1. The Bertz CT molecular complexity index is 1400. The normalized spacial score (nSPS) is 11.9. The van der Waals surface area contributed by atoms with Gasteiger partial charge in [-0.25, -0.2) is 9.78 Å². The van der Waals surface area contributed by atoms with Gasteiger partial charge in [0.25, 0.3) is 0 Å². The van der Waals surface area contributed by atoms with Crippen molar-refractivity contribution < 1.29 is 32.7 Å². The zero-order valence-electron chi connectivity index (χ0n) is 22.5. The number of aromatic amines is 1. The molecule has 1 atom stereocenters. The third-order valence-electron chi connectivity index (χ3n) is 6.24. The Hall–Kier alpha value is -3.99. The fraction of sp³-hybridized carbons (Fsp3) is 0.333. The van der Waals surface area contributed by atoms with Gasteiger partial charge in [-0.1, -0.05) is 68.3 Å². The number of imidazole rings is 1. The molecular formula is C30H32F3N3O4S. The Kier molecular flexibility index (Phi) is 11.6. The van der Waals surface area contributed by atoms with Crippen LogP contribution in [0.15, 0.2) is 66.9 Å². The molecule has 0 bridgehead atoms. The Balaban J connectivity index is 0.000000587. The van der Waals surface area contributed by atoms with Gasteiger partial charge in [-0.3, -0.25) is 9.59 Å². The van der Waals surface area contributed by atoms with E-state index in [4.69, 9.17) is 9.90 Å². The Morgan fingerprint density at radius 1 is 1.02 bits per heavy atom. The highest BCUT2D eigenvalue weighted by atomic mass is 32.1. The molecule has 0 aliphatic heterocycles. The summed E-state index contributed by atoms with van der Waals surface area (Å²) >= 11 is 1.66. The smallest absolute Gasteiger partial charge is 0.475 e. The molecule has 0 radical (unpaired) electrons. The average molecular weight is 588 g/mol. The van der Waals surface area contributed by atoms with Gasteiger partial charge in [0.1, 0.15) is 11.6 Å². The van der Waals surface area contributed by atoms with E-state index >= 15 is 0 Å². The summed E-state index contributed by atoms with van der Waals surface area (Å²) < 4.78 is 32.9.